The number of carbonyl (C=O) groups excluding carboxylic acids is 1. The predicted octanol–water partition coefficient (Wildman–Crippen LogP) is 3.71. The Bertz CT molecular complexity index is 579. The number of nitrogens with one attached hydrogen (secondary N) is 2. The van der Waals surface area contributed by atoms with E-state index in [4.69, 9.17) is 4.74 Å². The van der Waals surface area contributed by atoms with Gasteiger partial charge < -0.3 is 15.4 Å². The highest BCUT2D eigenvalue weighted by Crippen LogP contribution is 2.32. The largest absolute Gasteiger partial charge is 0.444 e. The van der Waals surface area contributed by atoms with Crippen molar-refractivity contribution in [3.8, 4) is 0 Å². The van der Waals surface area contributed by atoms with Gasteiger partial charge in [-0.1, -0.05) is 12.1 Å². The molecule has 0 spiro atoms. The SMILES string of the molecule is CC(C)(CNC1CCc2c(F)cccc21)NC(=O)OC(C)(C)C. The number of halogens is 1. The molecule has 4 nitrogen and oxygen atoms in total. The van der Waals surface area contributed by atoms with Gasteiger partial charge in [0.15, 0.2) is 0 Å². The molecule has 1 aliphatic carbocycles. The summed E-state index contributed by atoms with van der Waals surface area (Å²) >= 11 is 0. The fourth-order valence-corrected chi connectivity index (χ4v) is 2.82. The number of hydrogen-bond donors (Lipinski definition) is 2. The van der Waals surface area contributed by atoms with Crippen LogP contribution in [0.25, 0.3) is 0 Å². The summed E-state index contributed by atoms with van der Waals surface area (Å²) in [5, 5.41) is 6.31. The van der Waals surface area contributed by atoms with E-state index in [0.717, 1.165) is 24.0 Å². The van der Waals surface area contributed by atoms with Crippen molar-refractivity contribution in [2.24, 2.45) is 0 Å². The summed E-state index contributed by atoms with van der Waals surface area (Å²) in [7, 11) is 0. The highest BCUT2D eigenvalue weighted by atomic mass is 19.1. The second-order valence-electron chi connectivity index (χ2n) is 7.79. The lowest BCUT2D eigenvalue weighted by atomic mass is 10.0. The van der Waals surface area contributed by atoms with Crippen molar-refractivity contribution in [3.63, 3.8) is 0 Å². The maximum Gasteiger partial charge on any atom is 0.408 e. The van der Waals surface area contributed by atoms with Crippen LogP contribution in [0.3, 0.4) is 0 Å². The van der Waals surface area contributed by atoms with Gasteiger partial charge in [0.05, 0.1) is 5.54 Å². The van der Waals surface area contributed by atoms with Gasteiger partial charge in [0.1, 0.15) is 11.4 Å². The smallest absolute Gasteiger partial charge is 0.408 e. The molecule has 23 heavy (non-hydrogen) atoms. The Labute approximate surface area is 137 Å². The van der Waals surface area contributed by atoms with Gasteiger partial charge in [0.2, 0.25) is 0 Å². The summed E-state index contributed by atoms with van der Waals surface area (Å²) < 4.78 is 19.1. The summed E-state index contributed by atoms with van der Waals surface area (Å²) in [5.74, 6) is -0.127. The first-order chi connectivity index (χ1) is 10.6. The number of amides is 1. The summed E-state index contributed by atoms with van der Waals surface area (Å²) in [6, 6.07) is 5.35. The van der Waals surface area contributed by atoms with Gasteiger partial charge in [-0.3, -0.25) is 0 Å². The Morgan fingerprint density at radius 2 is 2.00 bits per heavy atom. The molecule has 0 heterocycles. The fraction of sp³-hybridized carbons (Fsp3) is 0.611. The number of benzene rings is 1. The Hall–Kier alpha value is -1.62. The van der Waals surface area contributed by atoms with Gasteiger partial charge in [-0.25, -0.2) is 9.18 Å². The Kier molecular flexibility index (Phi) is 4.99. The van der Waals surface area contributed by atoms with Crippen molar-refractivity contribution in [3.05, 3.63) is 35.1 Å². The molecule has 0 aliphatic heterocycles. The highest BCUT2D eigenvalue weighted by molar-refractivity contribution is 5.68. The number of alkyl carbamates (subject to hydrolysis) is 1. The van der Waals surface area contributed by atoms with Crippen LogP contribution in [-0.4, -0.2) is 23.8 Å². The van der Waals surface area contributed by atoms with E-state index in [1.165, 1.54) is 6.07 Å². The van der Waals surface area contributed by atoms with Gasteiger partial charge >= 0.3 is 6.09 Å². The topological polar surface area (TPSA) is 50.4 Å². The maximum absolute atomic E-state index is 13.8. The van der Waals surface area contributed by atoms with Gasteiger partial charge in [-0.15, -0.1) is 0 Å². The maximum atomic E-state index is 13.8. The van der Waals surface area contributed by atoms with Crippen LogP contribution in [0.15, 0.2) is 18.2 Å². The normalized spacial score (nSPS) is 17.7. The van der Waals surface area contributed by atoms with Gasteiger partial charge in [-0.2, -0.15) is 0 Å². The van der Waals surface area contributed by atoms with Crippen molar-refractivity contribution in [1.29, 1.82) is 0 Å². The van der Waals surface area contributed by atoms with Crippen molar-refractivity contribution in [1.82, 2.24) is 10.6 Å². The van der Waals surface area contributed by atoms with Crippen molar-refractivity contribution < 1.29 is 13.9 Å². The Morgan fingerprint density at radius 3 is 2.65 bits per heavy atom. The van der Waals surface area contributed by atoms with Gasteiger partial charge in [0, 0.05) is 12.6 Å². The monoisotopic (exact) mass is 322 g/mol. The molecule has 0 aromatic heterocycles. The first kappa shape index (κ1) is 17.7. The van der Waals surface area contributed by atoms with Crippen LogP contribution in [0.4, 0.5) is 9.18 Å². The molecule has 1 atom stereocenters. The molecule has 0 radical (unpaired) electrons. The quantitative estimate of drug-likeness (QED) is 0.888. The summed E-state index contributed by atoms with van der Waals surface area (Å²) in [6.07, 6.45) is 1.19. The average molecular weight is 322 g/mol. The number of fused-ring (bicyclic) bond motifs is 1. The minimum absolute atomic E-state index is 0.125. The van der Waals surface area contributed by atoms with Crippen LogP contribution < -0.4 is 10.6 Å². The van der Waals surface area contributed by atoms with Crippen molar-refractivity contribution in [2.45, 2.75) is 64.6 Å². The predicted molar refractivity (Wildman–Crippen MR) is 88.9 cm³/mol. The number of ether oxygens (including phenoxy) is 1. The number of rotatable bonds is 4. The van der Waals surface area contributed by atoms with Gasteiger partial charge in [-0.05, 0) is 64.7 Å². The van der Waals surface area contributed by atoms with E-state index < -0.39 is 17.2 Å². The van der Waals surface area contributed by atoms with Crippen molar-refractivity contribution >= 4 is 6.09 Å². The van der Waals surface area contributed by atoms with Crippen LogP contribution in [0, 0.1) is 5.82 Å². The fourth-order valence-electron chi connectivity index (χ4n) is 2.82. The number of carbonyl (C=O) groups is 1. The zero-order chi connectivity index (χ0) is 17.3. The molecule has 0 fully saturated rings. The van der Waals surface area contributed by atoms with E-state index in [0.29, 0.717) is 6.54 Å². The molecule has 1 aromatic carbocycles. The molecule has 2 N–H and O–H groups in total. The first-order valence-electron chi connectivity index (χ1n) is 8.09. The molecule has 0 saturated heterocycles. The third-order valence-corrected chi connectivity index (χ3v) is 3.84. The van der Waals surface area contributed by atoms with E-state index in [9.17, 15) is 9.18 Å². The van der Waals surface area contributed by atoms with E-state index in [1.807, 2.05) is 40.7 Å². The van der Waals surface area contributed by atoms with Crippen LogP contribution in [0.5, 0.6) is 0 Å². The molecular formula is C18H27FN2O2. The van der Waals surface area contributed by atoms with Crippen LogP contribution in [0.1, 0.15) is 58.2 Å². The third kappa shape index (κ3) is 4.93. The molecule has 128 valence electrons. The molecule has 2 rings (SSSR count). The zero-order valence-corrected chi connectivity index (χ0v) is 14.6. The Balaban J connectivity index is 1.91. The summed E-state index contributed by atoms with van der Waals surface area (Å²) in [5.41, 5.74) is 0.856. The lowest BCUT2D eigenvalue weighted by molar-refractivity contribution is 0.0470. The molecular weight excluding hydrogens is 295 g/mol. The average Bonchev–Trinajstić information content (AvgIpc) is 2.78. The van der Waals surface area contributed by atoms with E-state index in [-0.39, 0.29) is 11.9 Å². The second-order valence-corrected chi connectivity index (χ2v) is 7.79. The highest BCUT2D eigenvalue weighted by Gasteiger charge is 2.28. The van der Waals surface area contributed by atoms with E-state index >= 15 is 0 Å². The van der Waals surface area contributed by atoms with E-state index in [1.54, 1.807) is 6.07 Å². The van der Waals surface area contributed by atoms with Crippen molar-refractivity contribution in [2.75, 3.05) is 6.54 Å². The van der Waals surface area contributed by atoms with Crippen LogP contribution in [-0.2, 0) is 11.2 Å². The minimum atomic E-state index is -0.518. The minimum Gasteiger partial charge on any atom is -0.444 e. The standard InChI is InChI=1S/C18H27FN2O2/c1-17(2,3)23-16(22)21-18(4,5)11-20-15-10-9-12-13(15)7-6-8-14(12)19/h6-8,15,20H,9-11H2,1-5H3,(H,21,22). The lowest BCUT2D eigenvalue weighted by Gasteiger charge is -2.30. The summed E-state index contributed by atoms with van der Waals surface area (Å²) in [4.78, 5) is 11.9. The number of hydrogen-bond acceptors (Lipinski definition) is 3. The Morgan fingerprint density at radius 1 is 1.30 bits per heavy atom. The van der Waals surface area contributed by atoms with Crippen LogP contribution >= 0.6 is 0 Å². The molecule has 5 heteroatoms. The first-order valence-corrected chi connectivity index (χ1v) is 8.09. The second kappa shape index (κ2) is 6.48. The zero-order valence-electron chi connectivity index (χ0n) is 14.6. The summed E-state index contributed by atoms with van der Waals surface area (Å²) in [6.45, 7) is 9.95. The lowest BCUT2D eigenvalue weighted by Crippen LogP contribution is -2.52. The van der Waals surface area contributed by atoms with Crippen LogP contribution in [0.2, 0.25) is 0 Å². The molecule has 1 unspecified atom stereocenters. The van der Waals surface area contributed by atoms with Gasteiger partial charge in [0.25, 0.3) is 0 Å². The molecule has 1 aromatic rings. The molecule has 1 amide bonds. The van der Waals surface area contributed by atoms with E-state index in [2.05, 4.69) is 10.6 Å². The molecule has 0 saturated carbocycles. The molecule has 0 bridgehead atoms. The molecule has 1 aliphatic rings. The third-order valence-electron chi connectivity index (χ3n) is 3.84.